The summed E-state index contributed by atoms with van der Waals surface area (Å²) in [4.78, 5) is 9.86. The van der Waals surface area contributed by atoms with Crippen molar-refractivity contribution in [1.29, 1.82) is 0 Å². The topological polar surface area (TPSA) is 74.5 Å². The minimum atomic E-state index is -4.50. The highest BCUT2D eigenvalue weighted by Crippen LogP contribution is 2.36. The summed E-state index contributed by atoms with van der Waals surface area (Å²) < 4.78 is 42.7. The van der Waals surface area contributed by atoms with Gasteiger partial charge in [-0.05, 0) is 48.8 Å². The number of halogens is 3. The number of nitrogens with one attached hydrogen (secondary N) is 1. The van der Waals surface area contributed by atoms with Crippen LogP contribution in [-0.2, 0) is 12.7 Å². The first-order valence-electron chi connectivity index (χ1n) is 11.8. The van der Waals surface area contributed by atoms with Gasteiger partial charge in [0.2, 0.25) is 0 Å². The lowest BCUT2D eigenvalue weighted by Gasteiger charge is -2.34. The van der Waals surface area contributed by atoms with Gasteiger partial charge in [0, 0.05) is 37.3 Å². The first kappa shape index (κ1) is 23.6. The molecule has 190 valence electrons. The van der Waals surface area contributed by atoms with Crippen LogP contribution in [0.25, 0.3) is 27.1 Å². The van der Waals surface area contributed by atoms with E-state index in [1.165, 1.54) is 0 Å². The normalized spacial score (nSPS) is 15.1. The second kappa shape index (κ2) is 9.27. The molecular formula is C25H23F3N8S. The van der Waals surface area contributed by atoms with E-state index in [4.69, 9.17) is 0 Å². The molecule has 0 saturated carbocycles. The van der Waals surface area contributed by atoms with Crippen LogP contribution in [0.15, 0.2) is 54.0 Å². The number of alkyl halides is 3. The number of hydrogen-bond acceptors (Lipinski definition) is 8. The molecule has 1 aromatic carbocycles. The summed E-state index contributed by atoms with van der Waals surface area (Å²) in [5, 5.41) is 18.8. The molecule has 1 aliphatic rings. The van der Waals surface area contributed by atoms with E-state index in [-0.39, 0.29) is 12.1 Å². The molecule has 0 radical (unpaired) electrons. The molecule has 5 aromatic rings. The molecule has 0 aliphatic carbocycles. The number of aromatic nitrogens is 5. The van der Waals surface area contributed by atoms with Crippen LogP contribution in [0.2, 0.25) is 0 Å². The van der Waals surface area contributed by atoms with Crippen molar-refractivity contribution in [3.8, 4) is 10.6 Å². The summed E-state index contributed by atoms with van der Waals surface area (Å²) in [6, 6.07) is 11.8. The number of fused-ring (bicyclic) bond motifs is 2. The average molecular weight is 525 g/mol. The van der Waals surface area contributed by atoms with E-state index < -0.39 is 11.7 Å². The molecule has 1 aliphatic heterocycles. The van der Waals surface area contributed by atoms with Gasteiger partial charge < -0.3 is 15.1 Å². The molecule has 1 N–H and O–H groups in total. The summed E-state index contributed by atoms with van der Waals surface area (Å²) in [5.74, 6) is 0.488. The van der Waals surface area contributed by atoms with E-state index in [0.717, 1.165) is 54.6 Å². The van der Waals surface area contributed by atoms with Gasteiger partial charge in [0.05, 0.1) is 34.4 Å². The predicted octanol–water partition coefficient (Wildman–Crippen LogP) is 4.78. The van der Waals surface area contributed by atoms with Gasteiger partial charge in [-0.25, -0.2) is 0 Å². The van der Waals surface area contributed by atoms with E-state index in [2.05, 4.69) is 42.4 Å². The fourth-order valence-corrected chi connectivity index (χ4v) is 5.13. The molecule has 1 fully saturated rings. The molecule has 0 bridgehead atoms. The van der Waals surface area contributed by atoms with E-state index in [1.807, 2.05) is 35.7 Å². The monoisotopic (exact) mass is 524 g/mol. The van der Waals surface area contributed by atoms with Crippen LogP contribution in [-0.4, -0.2) is 62.9 Å². The summed E-state index contributed by atoms with van der Waals surface area (Å²) in [6.45, 7) is 3.62. The van der Waals surface area contributed by atoms with Gasteiger partial charge in [0.1, 0.15) is 5.69 Å². The van der Waals surface area contributed by atoms with E-state index in [1.54, 1.807) is 22.0 Å². The maximum atomic E-state index is 13.7. The Morgan fingerprint density at radius 3 is 2.62 bits per heavy atom. The van der Waals surface area contributed by atoms with Crippen molar-refractivity contribution in [1.82, 2.24) is 29.7 Å². The highest BCUT2D eigenvalue weighted by Gasteiger charge is 2.32. The largest absolute Gasteiger partial charge is 0.416 e. The second-order valence-corrected chi connectivity index (χ2v) is 9.96. The molecule has 5 heterocycles. The minimum Gasteiger partial charge on any atom is -0.377 e. The van der Waals surface area contributed by atoms with Crippen LogP contribution in [0.4, 0.5) is 24.5 Å². The van der Waals surface area contributed by atoms with Crippen LogP contribution < -0.4 is 10.2 Å². The Morgan fingerprint density at radius 2 is 1.86 bits per heavy atom. The van der Waals surface area contributed by atoms with Crippen molar-refractivity contribution >= 4 is 39.3 Å². The summed E-state index contributed by atoms with van der Waals surface area (Å²) >= 11 is 1.57. The van der Waals surface area contributed by atoms with Crippen LogP contribution in [0, 0.1) is 0 Å². The zero-order valence-corrected chi connectivity index (χ0v) is 20.7. The van der Waals surface area contributed by atoms with Gasteiger partial charge in [0.15, 0.2) is 11.5 Å². The molecule has 12 heteroatoms. The zero-order valence-electron chi connectivity index (χ0n) is 19.9. The van der Waals surface area contributed by atoms with Crippen molar-refractivity contribution in [2.45, 2.75) is 12.7 Å². The number of hydrogen-bond donors (Lipinski definition) is 1. The van der Waals surface area contributed by atoms with Crippen LogP contribution >= 0.6 is 11.3 Å². The minimum absolute atomic E-state index is 0.136. The summed E-state index contributed by atoms with van der Waals surface area (Å²) in [7, 11) is 2.07. The van der Waals surface area contributed by atoms with Crippen LogP contribution in [0.5, 0.6) is 0 Å². The number of rotatable bonds is 5. The fourth-order valence-electron chi connectivity index (χ4n) is 4.44. The number of anilines is 2. The standard InChI is InChI=1S/C25H23F3N8S/c1-34-6-8-35(9-7-34)17-13-18-20(29-14-17)11-16(25(26,27)28)12-21(18)30-15-24-32-31-23-5-4-19(33-36(23)24)22-3-2-10-37-22/h2-5,10-14,30H,6-9,15H2,1H3. The maximum Gasteiger partial charge on any atom is 0.416 e. The molecule has 0 spiro atoms. The van der Waals surface area contributed by atoms with Gasteiger partial charge in [-0.3, -0.25) is 4.98 Å². The number of likely N-dealkylation sites (N-methyl/N-ethyl adjacent to an activating group) is 1. The van der Waals surface area contributed by atoms with Gasteiger partial charge in [-0.15, -0.1) is 21.5 Å². The first-order valence-corrected chi connectivity index (χ1v) is 12.7. The van der Waals surface area contributed by atoms with Crippen molar-refractivity contribution < 1.29 is 13.2 Å². The van der Waals surface area contributed by atoms with Crippen LogP contribution in [0.3, 0.4) is 0 Å². The fraction of sp³-hybridized carbons (Fsp3) is 0.280. The number of piperazine rings is 1. The lowest BCUT2D eigenvalue weighted by molar-refractivity contribution is -0.137. The number of benzene rings is 1. The number of thiophene rings is 1. The third kappa shape index (κ3) is 4.69. The summed E-state index contributed by atoms with van der Waals surface area (Å²) in [6.07, 6.45) is -2.85. The van der Waals surface area contributed by atoms with Crippen LogP contribution in [0.1, 0.15) is 11.4 Å². The highest BCUT2D eigenvalue weighted by atomic mass is 32.1. The summed E-state index contributed by atoms with van der Waals surface area (Å²) in [5.41, 5.74) is 2.07. The van der Waals surface area contributed by atoms with Gasteiger partial charge >= 0.3 is 6.18 Å². The lowest BCUT2D eigenvalue weighted by Crippen LogP contribution is -2.44. The Balaban J connectivity index is 1.36. The molecule has 0 atom stereocenters. The molecular weight excluding hydrogens is 501 g/mol. The number of pyridine rings is 1. The third-order valence-corrected chi connectivity index (χ3v) is 7.41. The van der Waals surface area contributed by atoms with Crippen molar-refractivity contribution in [3.05, 3.63) is 65.4 Å². The zero-order chi connectivity index (χ0) is 25.6. The van der Waals surface area contributed by atoms with Gasteiger partial charge in [-0.2, -0.15) is 22.8 Å². The van der Waals surface area contributed by atoms with Gasteiger partial charge in [-0.1, -0.05) is 6.07 Å². The number of nitrogens with zero attached hydrogens (tertiary/aromatic N) is 7. The Hall–Kier alpha value is -3.77. The first-order chi connectivity index (χ1) is 17.8. The van der Waals surface area contributed by atoms with Crippen molar-refractivity contribution in [2.75, 3.05) is 43.4 Å². The smallest absolute Gasteiger partial charge is 0.377 e. The molecule has 37 heavy (non-hydrogen) atoms. The second-order valence-electron chi connectivity index (χ2n) is 9.01. The molecule has 1 saturated heterocycles. The molecule has 4 aromatic heterocycles. The maximum absolute atomic E-state index is 13.7. The lowest BCUT2D eigenvalue weighted by atomic mass is 10.1. The Bertz CT molecular complexity index is 1560. The molecule has 0 unspecified atom stereocenters. The Morgan fingerprint density at radius 1 is 1.03 bits per heavy atom. The molecule has 0 amide bonds. The third-order valence-electron chi connectivity index (χ3n) is 6.52. The van der Waals surface area contributed by atoms with E-state index >= 15 is 0 Å². The van der Waals surface area contributed by atoms with Crippen molar-refractivity contribution in [2.24, 2.45) is 0 Å². The highest BCUT2D eigenvalue weighted by molar-refractivity contribution is 7.13. The quantitative estimate of drug-likeness (QED) is 0.355. The Labute approximate surface area is 214 Å². The van der Waals surface area contributed by atoms with Crippen molar-refractivity contribution in [3.63, 3.8) is 0 Å². The van der Waals surface area contributed by atoms with E-state index in [0.29, 0.717) is 22.5 Å². The Kier molecular flexibility index (Phi) is 5.92. The molecule has 8 nitrogen and oxygen atoms in total. The van der Waals surface area contributed by atoms with E-state index in [9.17, 15) is 13.2 Å². The predicted molar refractivity (Wildman–Crippen MR) is 138 cm³/mol. The molecule has 6 rings (SSSR count). The SMILES string of the molecule is CN1CCN(c2cnc3cc(C(F)(F)F)cc(NCc4nnc5ccc(-c6cccs6)nn45)c3c2)CC1. The van der Waals surface area contributed by atoms with Gasteiger partial charge in [0.25, 0.3) is 0 Å². The average Bonchev–Trinajstić information content (AvgIpc) is 3.57.